The first-order chi connectivity index (χ1) is 9.15. The lowest BCUT2D eigenvalue weighted by Gasteiger charge is -2.28. The monoisotopic (exact) mass is 258 g/mol. The van der Waals surface area contributed by atoms with Gasteiger partial charge in [-0.3, -0.25) is 9.59 Å². The van der Waals surface area contributed by atoms with Crippen molar-refractivity contribution in [1.82, 2.24) is 9.97 Å². The van der Waals surface area contributed by atoms with Gasteiger partial charge in [-0.1, -0.05) is 6.07 Å². The van der Waals surface area contributed by atoms with Gasteiger partial charge in [0.15, 0.2) is 0 Å². The van der Waals surface area contributed by atoms with Gasteiger partial charge in [0, 0.05) is 18.8 Å². The number of aromatic amines is 1. The van der Waals surface area contributed by atoms with Crippen LogP contribution in [0.3, 0.4) is 0 Å². The van der Waals surface area contributed by atoms with Gasteiger partial charge in [-0.05, 0) is 24.1 Å². The quantitative estimate of drug-likeness (QED) is 0.864. The zero-order valence-corrected chi connectivity index (χ0v) is 10.3. The van der Waals surface area contributed by atoms with Crippen molar-refractivity contribution in [2.45, 2.75) is 25.2 Å². The highest BCUT2D eigenvalue weighted by atomic mass is 16.4. The molecule has 1 aromatic heterocycles. The highest BCUT2D eigenvalue weighted by molar-refractivity contribution is 5.84. The van der Waals surface area contributed by atoms with Crippen molar-refractivity contribution in [3.8, 4) is 0 Å². The minimum absolute atomic E-state index is 0.146. The maximum absolute atomic E-state index is 11.6. The van der Waals surface area contributed by atoms with Gasteiger partial charge in [0.2, 0.25) is 0 Å². The number of carbonyl (C=O) groups is 2. The van der Waals surface area contributed by atoms with Crippen LogP contribution in [0.15, 0.2) is 24.5 Å². The first kappa shape index (κ1) is 11.9. The van der Waals surface area contributed by atoms with Crippen LogP contribution in [0.4, 0.5) is 0 Å². The Morgan fingerprint density at radius 2 is 2.26 bits per heavy atom. The number of hydrogen-bond acceptors (Lipinski definition) is 3. The average molecular weight is 258 g/mol. The van der Waals surface area contributed by atoms with Crippen LogP contribution in [0.25, 0.3) is 11.0 Å². The third-order valence-corrected chi connectivity index (χ3v) is 3.86. The molecule has 2 N–H and O–H groups in total. The number of hydrogen-bond donors (Lipinski definition) is 2. The summed E-state index contributed by atoms with van der Waals surface area (Å²) in [5.41, 5.74) is 2.62. The second kappa shape index (κ2) is 4.50. The van der Waals surface area contributed by atoms with Crippen molar-refractivity contribution in [2.24, 2.45) is 5.92 Å². The molecule has 1 heterocycles. The Hall–Kier alpha value is -2.17. The van der Waals surface area contributed by atoms with Gasteiger partial charge in [0.25, 0.3) is 0 Å². The van der Waals surface area contributed by atoms with E-state index in [4.69, 9.17) is 0 Å². The molecule has 19 heavy (non-hydrogen) atoms. The molecule has 0 bridgehead atoms. The Bertz CT molecular complexity index is 647. The molecule has 0 radical (unpaired) electrons. The highest BCUT2D eigenvalue weighted by Gasteiger charge is 2.35. The molecule has 0 saturated heterocycles. The molecule has 0 aliphatic heterocycles. The summed E-state index contributed by atoms with van der Waals surface area (Å²) in [4.78, 5) is 30.1. The zero-order valence-electron chi connectivity index (χ0n) is 10.3. The SMILES string of the molecule is O=C1CCC(C(=O)O)C(c2ccc3nc[nH]c3c2)C1. The van der Waals surface area contributed by atoms with Crippen molar-refractivity contribution in [3.63, 3.8) is 0 Å². The molecule has 2 aromatic rings. The molecule has 1 saturated carbocycles. The summed E-state index contributed by atoms with van der Waals surface area (Å²) in [6, 6.07) is 5.64. The van der Waals surface area contributed by atoms with E-state index in [9.17, 15) is 14.7 Å². The summed E-state index contributed by atoms with van der Waals surface area (Å²) in [6.07, 6.45) is 2.73. The van der Waals surface area contributed by atoms with Crippen LogP contribution in [0.1, 0.15) is 30.7 Å². The van der Waals surface area contributed by atoms with Crippen molar-refractivity contribution in [3.05, 3.63) is 30.1 Å². The molecule has 1 aliphatic carbocycles. The Labute approximate surface area is 109 Å². The van der Waals surface area contributed by atoms with Crippen LogP contribution in [0.5, 0.6) is 0 Å². The molecular formula is C14H14N2O3. The van der Waals surface area contributed by atoms with Crippen LogP contribution >= 0.6 is 0 Å². The van der Waals surface area contributed by atoms with E-state index in [1.807, 2.05) is 18.2 Å². The predicted molar refractivity (Wildman–Crippen MR) is 68.8 cm³/mol. The molecule has 2 unspecified atom stereocenters. The van der Waals surface area contributed by atoms with E-state index in [0.29, 0.717) is 19.3 Å². The average Bonchev–Trinajstić information content (AvgIpc) is 2.85. The smallest absolute Gasteiger partial charge is 0.307 e. The van der Waals surface area contributed by atoms with Crippen LogP contribution in [-0.4, -0.2) is 26.8 Å². The van der Waals surface area contributed by atoms with Gasteiger partial charge >= 0.3 is 5.97 Å². The molecule has 0 amide bonds. The van der Waals surface area contributed by atoms with Crippen molar-refractivity contribution in [2.75, 3.05) is 0 Å². The number of carboxylic acids is 1. The summed E-state index contributed by atoms with van der Waals surface area (Å²) >= 11 is 0. The zero-order chi connectivity index (χ0) is 13.4. The lowest BCUT2D eigenvalue weighted by molar-refractivity contribution is -0.144. The van der Waals surface area contributed by atoms with Crippen molar-refractivity contribution >= 4 is 22.8 Å². The fourth-order valence-electron chi connectivity index (χ4n) is 2.84. The number of carbonyl (C=O) groups excluding carboxylic acids is 1. The highest BCUT2D eigenvalue weighted by Crippen LogP contribution is 2.37. The van der Waals surface area contributed by atoms with E-state index in [1.165, 1.54) is 0 Å². The van der Waals surface area contributed by atoms with Crippen molar-refractivity contribution < 1.29 is 14.7 Å². The van der Waals surface area contributed by atoms with Crippen LogP contribution in [0.2, 0.25) is 0 Å². The number of rotatable bonds is 2. The van der Waals surface area contributed by atoms with Crippen LogP contribution in [-0.2, 0) is 9.59 Å². The Morgan fingerprint density at radius 1 is 1.42 bits per heavy atom. The number of imidazole rings is 1. The van der Waals surface area contributed by atoms with Gasteiger partial charge < -0.3 is 10.1 Å². The van der Waals surface area contributed by atoms with E-state index in [2.05, 4.69) is 9.97 Å². The molecule has 98 valence electrons. The van der Waals surface area contributed by atoms with E-state index in [0.717, 1.165) is 16.6 Å². The molecule has 3 rings (SSSR count). The number of ketones is 1. The number of aliphatic carboxylic acids is 1. The summed E-state index contributed by atoms with van der Waals surface area (Å²) in [5, 5.41) is 9.30. The molecule has 1 aromatic carbocycles. The molecule has 5 heteroatoms. The number of nitrogens with zero attached hydrogens (tertiary/aromatic N) is 1. The number of nitrogens with one attached hydrogen (secondary N) is 1. The second-order valence-corrected chi connectivity index (χ2v) is 5.01. The molecule has 0 spiro atoms. The second-order valence-electron chi connectivity index (χ2n) is 5.01. The lowest BCUT2D eigenvalue weighted by atomic mass is 9.75. The fourth-order valence-corrected chi connectivity index (χ4v) is 2.84. The number of Topliss-reactive ketones (excluding diaryl/α,β-unsaturated/α-hetero) is 1. The van der Waals surface area contributed by atoms with Gasteiger partial charge in [-0.15, -0.1) is 0 Å². The van der Waals surface area contributed by atoms with Crippen molar-refractivity contribution in [1.29, 1.82) is 0 Å². The Balaban J connectivity index is 2.00. The minimum Gasteiger partial charge on any atom is -0.481 e. The summed E-state index contributed by atoms with van der Waals surface area (Å²) in [6.45, 7) is 0. The van der Waals surface area contributed by atoms with Gasteiger partial charge in [0.05, 0.1) is 23.3 Å². The van der Waals surface area contributed by atoms with Crippen LogP contribution < -0.4 is 0 Å². The van der Waals surface area contributed by atoms with Gasteiger partial charge in [-0.2, -0.15) is 0 Å². The van der Waals surface area contributed by atoms with E-state index < -0.39 is 11.9 Å². The first-order valence-electron chi connectivity index (χ1n) is 6.32. The lowest BCUT2D eigenvalue weighted by Crippen LogP contribution is -2.29. The first-order valence-corrected chi connectivity index (χ1v) is 6.32. The normalized spacial score (nSPS) is 23.7. The number of fused-ring (bicyclic) bond motifs is 1. The molecule has 5 nitrogen and oxygen atoms in total. The third kappa shape index (κ3) is 2.12. The van der Waals surface area contributed by atoms with Crippen LogP contribution in [0, 0.1) is 5.92 Å². The van der Waals surface area contributed by atoms with E-state index in [1.54, 1.807) is 6.33 Å². The standard InChI is InChI=1S/C14H14N2O3/c17-9-2-3-10(14(18)19)11(6-9)8-1-4-12-13(5-8)16-7-15-12/h1,4-5,7,10-11H,2-3,6H2,(H,15,16)(H,18,19). The molecule has 1 aliphatic rings. The summed E-state index contributed by atoms with van der Waals surface area (Å²) in [7, 11) is 0. The predicted octanol–water partition coefficient (Wildman–Crippen LogP) is 2.10. The Morgan fingerprint density at radius 3 is 3.05 bits per heavy atom. The van der Waals surface area contributed by atoms with Gasteiger partial charge in [0.1, 0.15) is 5.78 Å². The third-order valence-electron chi connectivity index (χ3n) is 3.86. The van der Waals surface area contributed by atoms with Gasteiger partial charge in [-0.25, -0.2) is 4.98 Å². The Kier molecular flexibility index (Phi) is 2.81. The topological polar surface area (TPSA) is 83.1 Å². The largest absolute Gasteiger partial charge is 0.481 e. The molecule has 1 fully saturated rings. The fraction of sp³-hybridized carbons (Fsp3) is 0.357. The number of carboxylic acid groups (broad SMARTS) is 1. The maximum atomic E-state index is 11.6. The maximum Gasteiger partial charge on any atom is 0.307 e. The van der Waals surface area contributed by atoms with E-state index >= 15 is 0 Å². The number of benzene rings is 1. The number of aromatic nitrogens is 2. The molecule has 2 atom stereocenters. The summed E-state index contributed by atoms with van der Waals surface area (Å²) < 4.78 is 0. The molecular weight excluding hydrogens is 244 g/mol. The number of H-pyrrole nitrogens is 1. The van der Waals surface area contributed by atoms with E-state index in [-0.39, 0.29) is 11.7 Å². The minimum atomic E-state index is -0.817. The summed E-state index contributed by atoms with van der Waals surface area (Å²) in [5.74, 6) is -1.38.